The number of ether oxygens (including phenoxy) is 1. The van der Waals surface area contributed by atoms with E-state index < -0.39 is 0 Å². The lowest BCUT2D eigenvalue weighted by molar-refractivity contribution is -0.118. The predicted molar refractivity (Wildman–Crippen MR) is 128 cm³/mol. The second-order valence-electron chi connectivity index (χ2n) is 8.22. The molecule has 0 unspecified atom stereocenters. The molecular weight excluding hydrogens is 400 g/mol. The average molecular weight is 429 g/mol. The maximum atomic E-state index is 12.3. The lowest BCUT2D eigenvalue weighted by Gasteiger charge is -2.11. The number of aryl methyl sites for hydroxylation is 2. The number of rotatable bonds is 7. The molecule has 4 rings (SSSR count). The number of carbonyl (C=O) groups excluding carboxylic acids is 1. The van der Waals surface area contributed by atoms with Gasteiger partial charge in [0.1, 0.15) is 11.3 Å². The number of fused-ring (bicyclic) bond motifs is 1. The van der Waals surface area contributed by atoms with Crippen molar-refractivity contribution < 1.29 is 13.9 Å². The fraction of sp³-hybridized carbons (Fsp3) is 0.259. The molecule has 1 aromatic heterocycles. The van der Waals surface area contributed by atoms with Crippen LogP contribution in [-0.2, 0) is 4.79 Å². The maximum absolute atomic E-state index is 12.3. The van der Waals surface area contributed by atoms with Gasteiger partial charge in [0, 0.05) is 11.3 Å². The van der Waals surface area contributed by atoms with E-state index in [-0.39, 0.29) is 12.5 Å². The molecule has 4 aromatic rings. The van der Waals surface area contributed by atoms with Gasteiger partial charge < -0.3 is 14.5 Å². The Bertz CT molecular complexity index is 1190. The lowest BCUT2D eigenvalue weighted by Crippen LogP contribution is -2.20. The number of carbonyl (C=O) groups is 1. The summed E-state index contributed by atoms with van der Waals surface area (Å²) in [5, 5.41) is 2.86. The van der Waals surface area contributed by atoms with Gasteiger partial charge in [0.25, 0.3) is 5.91 Å². The monoisotopic (exact) mass is 428 g/mol. The summed E-state index contributed by atoms with van der Waals surface area (Å²) < 4.78 is 11.5. The third-order valence-electron chi connectivity index (χ3n) is 5.85. The largest absolute Gasteiger partial charge is 0.484 e. The summed E-state index contributed by atoms with van der Waals surface area (Å²) in [6.45, 7) is 8.43. The van der Waals surface area contributed by atoms with Gasteiger partial charge in [-0.05, 0) is 91.4 Å². The van der Waals surface area contributed by atoms with Gasteiger partial charge in [-0.2, -0.15) is 0 Å². The van der Waals surface area contributed by atoms with Crippen molar-refractivity contribution in [1.82, 2.24) is 4.98 Å². The van der Waals surface area contributed by atoms with Crippen molar-refractivity contribution in [3.05, 3.63) is 77.4 Å². The van der Waals surface area contributed by atoms with Crippen LogP contribution in [0.25, 0.3) is 22.6 Å². The quantitative estimate of drug-likeness (QED) is 0.358. The van der Waals surface area contributed by atoms with Crippen LogP contribution < -0.4 is 10.1 Å². The standard InChI is InChI=1S/C27H28N2O3/c1-5-17(2)20-8-12-23(13-9-20)31-16-26(30)28-22-10-6-21(7-11-22)27-29-24-14-18(3)19(4)15-25(24)32-27/h6-15,17H,5,16H2,1-4H3,(H,28,30)/t17-/m1/s1. The molecule has 0 saturated carbocycles. The molecule has 0 spiro atoms. The first-order valence-electron chi connectivity index (χ1n) is 10.9. The van der Waals surface area contributed by atoms with Gasteiger partial charge in [-0.25, -0.2) is 4.98 Å². The SMILES string of the molecule is CC[C@@H](C)c1ccc(OCC(=O)Nc2ccc(-c3nc4cc(C)c(C)cc4o3)cc2)cc1. The number of hydrogen-bond donors (Lipinski definition) is 1. The predicted octanol–water partition coefficient (Wildman–Crippen LogP) is 6.64. The Hall–Kier alpha value is -3.60. The number of anilines is 1. The summed E-state index contributed by atoms with van der Waals surface area (Å²) in [7, 11) is 0. The van der Waals surface area contributed by atoms with E-state index in [4.69, 9.17) is 9.15 Å². The van der Waals surface area contributed by atoms with E-state index in [1.807, 2.05) is 48.5 Å². The van der Waals surface area contributed by atoms with E-state index >= 15 is 0 Å². The van der Waals surface area contributed by atoms with Crippen LogP contribution in [0.3, 0.4) is 0 Å². The molecule has 1 atom stereocenters. The molecule has 5 nitrogen and oxygen atoms in total. The number of nitrogens with one attached hydrogen (secondary N) is 1. The van der Waals surface area contributed by atoms with Gasteiger partial charge in [-0.15, -0.1) is 0 Å². The molecule has 1 heterocycles. The van der Waals surface area contributed by atoms with Crippen molar-refractivity contribution in [2.24, 2.45) is 0 Å². The number of hydrogen-bond acceptors (Lipinski definition) is 4. The van der Waals surface area contributed by atoms with Crippen LogP contribution in [0, 0.1) is 13.8 Å². The van der Waals surface area contributed by atoms with Crippen LogP contribution in [0.2, 0.25) is 0 Å². The molecular formula is C27H28N2O3. The summed E-state index contributed by atoms with van der Waals surface area (Å²) in [6, 6.07) is 19.4. The highest BCUT2D eigenvalue weighted by Gasteiger charge is 2.11. The first-order chi connectivity index (χ1) is 15.4. The van der Waals surface area contributed by atoms with E-state index in [9.17, 15) is 4.79 Å². The van der Waals surface area contributed by atoms with E-state index in [1.165, 1.54) is 16.7 Å². The average Bonchev–Trinajstić information content (AvgIpc) is 3.21. The van der Waals surface area contributed by atoms with E-state index in [1.54, 1.807) is 0 Å². The number of amides is 1. The first kappa shape index (κ1) is 21.6. The van der Waals surface area contributed by atoms with E-state index in [0.717, 1.165) is 23.1 Å². The van der Waals surface area contributed by atoms with Gasteiger partial charge in [-0.1, -0.05) is 26.0 Å². The Morgan fingerprint density at radius 1 is 1.03 bits per heavy atom. The Balaban J connectivity index is 1.35. The van der Waals surface area contributed by atoms with Crippen LogP contribution in [0.1, 0.15) is 42.9 Å². The second kappa shape index (κ2) is 9.27. The molecule has 5 heteroatoms. The van der Waals surface area contributed by atoms with Crippen LogP contribution in [0.15, 0.2) is 65.1 Å². The molecule has 32 heavy (non-hydrogen) atoms. The molecule has 1 N–H and O–H groups in total. The van der Waals surface area contributed by atoms with Gasteiger partial charge in [0.2, 0.25) is 5.89 Å². The Labute approximate surface area is 188 Å². The van der Waals surface area contributed by atoms with E-state index in [2.05, 4.69) is 50.1 Å². The lowest BCUT2D eigenvalue weighted by atomic mass is 9.99. The smallest absolute Gasteiger partial charge is 0.262 e. The number of nitrogens with zero attached hydrogens (tertiary/aromatic N) is 1. The summed E-state index contributed by atoms with van der Waals surface area (Å²) in [5.41, 5.74) is 6.79. The zero-order chi connectivity index (χ0) is 22.7. The highest BCUT2D eigenvalue weighted by Crippen LogP contribution is 2.27. The van der Waals surface area contributed by atoms with Crippen molar-refractivity contribution in [1.29, 1.82) is 0 Å². The zero-order valence-corrected chi connectivity index (χ0v) is 18.9. The molecule has 0 fully saturated rings. The van der Waals surface area contributed by atoms with Crippen molar-refractivity contribution in [3.8, 4) is 17.2 Å². The summed E-state index contributed by atoms with van der Waals surface area (Å²) in [6.07, 6.45) is 1.09. The Kier molecular flexibility index (Phi) is 6.26. The number of aromatic nitrogens is 1. The minimum Gasteiger partial charge on any atom is -0.484 e. The molecule has 0 aliphatic rings. The first-order valence-corrected chi connectivity index (χ1v) is 10.9. The Morgan fingerprint density at radius 2 is 1.72 bits per heavy atom. The second-order valence-corrected chi connectivity index (χ2v) is 8.22. The van der Waals surface area contributed by atoms with Crippen molar-refractivity contribution in [2.75, 3.05) is 11.9 Å². The highest BCUT2D eigenvalue weighted by atomic mass is 16.5. The number of oxazole rings is 1. The fourth-order valence-corrected chi connectivity index (χ4v) is 3.47. The van der Waals surface area contributed by atoms with Gasteiger partial charge in [-0.3, -0.25) is 4.79 Å². The molecule has 0 radical (unpaired) electrons. The molecule has 0 aliphatic carbocycles. The molecule has 0 aliphatic heterocycles. The third kappa shape index (κ3) is 4.83. The normalized spacial score (nSPS) is 12.0. The molecule has 3 aromatic carbocycles. The zero-order valence-electron chi connectivity index (χ0n) is 18.9. The molecule has 1 amide bonds. The minimum atomic E-state index is -0.212. The summed E-state index contributed by atoms with van der Waals surface area (Å²) in [5.74, 6) is 1.55. The topological polar surface area (TPSA) is 64.4 Å². The van der Waals surface area contributed by atoms with Gasteiger partial charge >= 0.3 is 0 Å². The van der Waals surface area contributed by atoms with Crippen LogP contribution in [-0.4, -0.2) is 17.5 Å². The van der Waals surface area contributed by atoms with E-state index in [0.29, 0.717) is 23.2 Å². The van der Waals surface area contributed by atoms with Crippen molar-refractivity contribution in [3.63, 3.8) is 0 Å². The maximum Gasteiger partial charge on any atom is 0.262 e. The van der Waals surface area contributed by atoms with Crippen LogP contribution in [0.5, 0.6) is 5.75 Å². The van der Waals surface area contributed by atoms with Crippen molar-refractivity contribution >= 4 is 22.7 Å². The fourth-order valence-electron chi connectivity index (χ4n) is 3.47. The van der Waals surface area contributed by atoms with Crippen LogP contribution in [0.4, 0.5) is 5.69 Å². The van der Waals surface area contributed by atoms with Crippen LogP contribution >= 0.6 is 0 Å². The third-order valence-corrected chi connectivity index (χ3v) is 5.85. The summed E-state index contributed by atoms with van der Waals surface area (Å²) in [4.78, 5) is 16.9. The Morgan fingerprint density at radius 3 is 2.41 bits per heavy atom. The highest BCUT2D eigenvalue weighted by molar-refractivity contribution is 5.92. The minimum absolute atomic E-state index is 0.0474. The summed E-state index contributed by atoms with van der Waals surface area (Å²) >= 11 is 0. The van der Waals surface area contributed by atoms with Gasteiger partial charge in [0.05, 0.1) is 0 Å². The number of benzene rings is 3. The molecule has 0 saturated heterocycles. The van der Waals surface area contributed by atoms with Gasteiger partial charge in [0.15, 0.2) is 12.2 Å². The molecule has 164 valence electrons. The van der Waals surface area contributed by atoms with Crippen molar-refractivity contribution in [2.45, 2.75) is 40.0 Å². The molecule has 0 bridgehead atoms.